The summed E-state index contributed by atoms with van der Waals surface area (Å²) in [7, 11) is 0. The van der Waals surface area contributed by atoms with E-state index in [1.165, 1.54) is 6.92 Å². The highest BCUT2D eigenvalue weighted by atomic mass is 16.7. The molecule has 0 bridgehead atoms. The van der Waals surface area contributed by atoms with Crippen molar-refractivity contribution in [3.8, 4) is 0 Å². The Kier molecular flexibility index (Phi) is 18.4. The molecule has 0 spiro atoms. The molecule has 0 aromatic carbocycles. The average molecular weight is 593 g/mol. The van der Waals surface area contributed by atoms with Gasteiger partial charge in [-0.1, -0.05) is 52.4 Å². The Morgan fingerprint density at radius 2 is 1.29 bits per heavy atom. The van der Waals surface area contributed by atoms with Gasteiger partial charge in [0.15, 0.2) is 24.6 Å². The molecule has 13 nitrogen and oxygen atoms in total. The average Bonchev–Trinajstić information content (AvgIpc) is 2.92. The van der Waals surface area contributed by atoms with Crippen LogP contribution in [0.25, 0.3) is 0 Å². The number of unbranched alkanes of at least 4 members (excludes halogenated alkanes) is 6. The van der Waals surface area contributed by atoms with Crippen molar-refractivity contribution in [1.29, 1.82) is 0 Å². The summed E-state index contributed by atoms with van der Waals surface area (Å²) in [5, 5.41) is 29.0. The predicted octanol–water partition coefficient (Wildman–Crippen LogP) is 1.70. The number of esters is 4. The highest BCUT2D eigenvalue weighted by Crippen LogP contribution is 2.31. The predicted molar refractivity (Wildman–Crippen MR) is 143 cm³/mol. The maximum atomic E-state index is 12.9. The van der Waals surface area contributed by atoms with Crippen molar-refractivity contribution >= 4 is 23.9 Å². The number of carbonyl (C=O) groups is 4. The normalized spacial score (nSPS) is 23.7. The van der Waals surface area contributed by atoms with Crippen molar-refractivity contribution in [1.82, 2.24) is 0 Å². The van der Waals surface area contributed by atoms with Crippen LogP contribution < -0.4 is 0 Å². The first kappa shape index (κ1) is 36.7. The van der Waals surface area contributed by atoms with E-state index < -0.39 is 86.6 Å². The van der Waals surface area contributed by atoms with Crippen LogP contribution >= 0.6 is 0 Å². The largest absolute Gasteiger partial charge is 0.463 e. The summed E-state index contributed by atoms with van der Waals surface area (Å²) < 4.78 is 33.5. The number of aliphatic hydroxyl groups is 3. The van der Waals surface area contributed by atoms with E-state index >= 15 is 0 Å². The van der Waals surface area contributed by atoms with Crippen molar-refractivity contribution in [2.75, 3.05) is 19.8 Å². The zero-order chi connectivity index (χ0) is 30.8. The molecule has 3 N–H and O–H groups in total. The molecule has 1 fully saturated rings. The number of aliphatic hydroxyl groups excluding tert-OH is 3. The van der Waals surface area contributed by atoms with Crippen LogP contribution in [0.4, 0.5) is 0 Å². The van der Waals surface area contributed by atoms with Crippen LogP contribution in [0.5, 0.6) is 0 Å². The molecule has 0 aromatic rings. The van der Waals surface area contributed by atoms with Crippen molar-refractivity contribution in [2.45, 2.75) is 135 Å². The lowest BCUT2D eigenvalue weighted by Gasteiger charge is -2.44. The fourth-order valence-corrected chi connectivity index (χ4v) is 4.18. The van der Waals surface area contributed by atoms with Crippen molar-refractivity contribution < 1.29 is 62.9 Å². The van der Waals surface area contributed by atoms with Crippen molar-refractivity contribution in [2.24, 2.45) is 0 Å². The molecule has 1 rings (SSSR count). The molecular formula is C28H48O13. The first-order valence-electron chi connectivity index (χ1n) is 14.5. The number of hydrogen-bond acceptors (Lipinski definition) is 13. The third kappa shape index (κ3) is 14.4. The fraction of sp³-hybridized carbons (Fsp3) is 0.857. The Morgan fingerprint density at radius 1 is 0.732 bits per heavy atom. The molecule has 0 aromatic heterocycles. The first-order chi connectivity index (χ1) is 19.5. The van der Waals surface area contributed by atoms with Crippen LogP contribution in [-0.2, 0) is 47.6 Å². The highest BCUT2D eigenvalue weighted by Gasteiger charge is 2.53. The molecule has 0 saturated carbocycles. The molecule has 0 radical (unpaired) electrons. The minimum Gasteiger partial charge on any atom is -0.463 e. The second kappa shape index (κ2) is 20.5. The van der Waals surface area contributed by atoms with E-state index in [-0.39, 0.29) is 12.8 Å². The second-order valence-electron chi connectivity index (χ2n) is 10.1. The molecular weight excluding hydrogens is 544 g/mol. The minimum absolute atomic E-state index is 0.0574. The molecule has 0 amide bonds. The molecule has 7 atom stereocenters. The van der Waals surface area contributed by atoms with E-state index in [0.717, 1.165) is 45.4 Å². The fourth-order valence-electron chi connectivity index (χ4n) is 4.18. The Bertz CT molecular complexity index is 789. The number of rotatable bonds is 20. The lowest BCUT2D eigenvalue weighted by molar-refractivity contribution is -0.312. The van der Waals surface area contributed by atoms with E-state index in [9.17, 15) is 29.4 Å². The van der Waals surface area contributed by atoms with E-state index in [1.54, 1.807) is 0 Å². The van der Waals surface area contributed by atoms with Gasteiger partial charge in [0, 0.05) is 26.7 Å². The van der Waals surface area contributed by atoms with E-state index in [4.69, 9.17) is 33.5 Å². The second-order valence-corrected chi connectivity index (χ2v) is 10.1. The van der Waals surface area contributed by atoms with Crippen LogP contribution in [0, 0.1) is 0 Å². The van der Waals surface area contributed by atoms with E-state index in [0.29, 0.717) is 12.8 Å². The quantitative estimate of drug-likeness (QED) is 0.106. The summed E-state index contributed by atoms with van der Waals surface area (Å²) in [6.07, 6.45) is -3.32. The van der Waals surface area contributed by atoms with Gasteiger partial charge in [-0.25, -0.2) is 0 Å². The summed E-state index contributed by atoms with van der Waals surface area (Å²) >= 11 is 0. The molecule has 1 saturated heterocycles. The van der Waals surface area contributed by atoms with Crippen molar-refractivity contribution in [3.63, 3.8) is 0 Å². The first-order valence-corrected chi connectivity index (χ1v) is 14.5. The number of carbonyl (C=O) groups excluding carboxylic acids is 4. The number of ether oxygens (including phenoxy) is 6. The topological polar surface area (TPSA) is 184 Å². The molecule has 13 heteroatoms. The standard InChI is InChI=1S/C28H48O13/c1-5-7-9-11-13-23(34)40-26-25(38-19(4)31)22(17-36-18(3)30)39-28(37-16-21(33)20(32)15-29)27(26)41-24(35)14-12-10-8-6-2/h20-22,25-29,32-33H,5-17H2,1-4H3/t20-,21-,22-,25-,26+,27+,28-/m1/s1. The van der Waals surface area contributed by atoms with Gasteiger partial charge in [0.1, 0.15) is 24.9 Å². The monoisotopic (exact) mass is 592 g/mol. The zero-order valence-corrected chi connectivity index (χ0v) is 24.7. The lowest BCUT2D eigenvalue weighted by atomic mass is 9.97. The molecule has 0 aliphatic carbocycles. The van der Waals surface area contributed by atoms with Crippen LogP contribution in [0.15, 0.2) is 0 Å². The van der Waals surface area contributed by atoms with Gasteiger partial charge in [0.05, 0.1) is 13.2 Å². The summed E-state index contributed by atoms with van der Waals surface area (Å²) in [6.45, 7) is 4.64. The third-order valence-electron chi connectivity index (χ3n) is 6.41. The van der Waals surface area contributed by atoms with Crippen molar-refractivity contribution in [3.05, 3.63) is 0 Å². The van der Waals surface area contributed by atoms with Gasteiger partial charge >= 0.3 is 23.9 Å². The Labute approximate surface area is 241 Å². The Balaban J connectivity index is 3.34. The van der Waals surface area contributed by atoms with Gasteiger partial charge < -0.3 is 43.7 Å². The Morgan fingerprint density at radius 3 is 1.78 bits per heavy atom. The molecule has 1 aliphatic rings. The van der Waals surface area contributed by atoms with Crippen LogP contribution in [0.1, 0.15) is 91.9 Å². The summed E-state index contributed by atoms with van der Waals surface area (Å²) in [5.41, 5.74) is 0. The molecule has 41 heavy (non-hydrogen) atoms. The molecule has 0 unspecified atom stereocenters. The third-order valence-corrected chi connectivity index (χ3v) is 6.41. The smallest absolute Gasteiger partial charge is 0.306 e. The van der Waals surface area contributed by atoms with Gasteiger partial charge in [0.25, 0.3) is 0 Å². The number of hydrogen-bond donors (Lipinski definition) is 3. The lowest BCUT2D eigenvalue weighted by Crippen LogP contribution is -2.63. The summed E-state index contributed by atoms with van der Waals surface area (Å²) in [4.78, 5) is 49.3. The van der Waals surface area contributed by atoms with Gasteiger partial charge in [-0.3, -0.25) is 19.2 Å². The van der Waals surface area contributed by atoms with E-state index in [2.05, 4.69) is 0 Å². The van der Waals surface area contributed by atoms with Gasteiger partial charge in [0.2, 0.25) is 0 Å². The SMILES string of the molecule is CCCCCCC(=O)O[C@@H]1[C@H](OC(=O)CCCCCC)[C@H](OC[C@@H](O)[C@H](O)CO)O[C@H](COC(C)=O)[C@H]1OC(C)=O. The maximum absolute atomic E-state index is 12.9. The van der Waals surface area contributed by atoms with Gasteiger partial charge in [-0.2, -0.15) is 0 Å². The molecule has 238 valence electrons. The van der Waals surface area contributed by atoms with Crippen LogP contribution in [0.2, 0.25) is 0 Å². The summed E-state index contributed by atoms with van der Waals surface area (Å²) in [6, 6.07) is 0. The van der Waals surface area contributed by atoms with E-state index in [1.807, 2.05) is 13.8 Å². The minimum atomic E-state index is -1.54. The zero-order valence-electron chi connectivity index (χ0n) is 24.7. The van der Waals surface area contributed by atoms with Crippen LogP contribution in [0.3, 0.4) is 0 Å². The summed E-state index contributed by atoms with van der Waals surface area (Å²) in [5.74, 6) is -2.67. The molecule has 1 aliphatic heterocycles. The maximum Gasteiger partial charge on any atom is 0.306 e. The van der Waals surface area contributed by atoms with Gasteiger partial charge in [-0.05, 0) is 12.8 Å². The highest BCUT2D eigenvalue weighted by molar-refractivity contribution is 5.71. The Hall–Kier alpha value is -2.32. The molecule has 1 heterocycles. The van der Waals surface area contributed by atoms with Crippen LogP contribution in [-0.4, -0.2) is 102 Å². The van der Waals surface area contributed by atoms with Gasteiger partial charge in [-0.15, -0.1) is 0 Å².